The molecule has 2 atom stereocenters. The lowest BCUT2D eigenvalue weighted by molar-refractivity contribution is 0.237. The minimum atomic E-state index is -0.111. The van der Waals surface area contributed by atoms with Crippen molar-refractivity contribution in [2.45, 2.75) is 63.3 Å². The summed E-state index contributed by atoms with van der Waals surface area (Å²) in [6.07, 6.45) is 5.91. The van der Waals surface area contributed by atoms with Crippen LogP contribution in [0.4, 0.5) is 4.79 Å². The van der Waals surface area contributed by atoms with Crippen molar-refractivity contribution >= 4 is 23.0 Å². The van der Waals surface area contributed by atoms with E-state index < -0.39 is 0 Å². The van der Waals surface area contributed by atoms with Gasteiger partial charge in [0.15, 0.2) is 5.17 Å². The van der Waals surface area contributed by atoms with Crippen molar-refractivity contribution in [1.82, 2.24) is 10.6 Å². The van der Waals surface area contributed by atoms with Crippen LogP contribution in [0.15, 0.2) is 29.3 Å². The van der Waals surface area contributed by atoms with Crippen molar-refractivity contribution in [2.24, 2.45) is 4.99 Å². The molecule has 0 unspecified atom stereocenters. The van der Waals surface area contributed by atoms with E-state index in [1.54, 1.807) is 11.8 Å². The first-order valence-electron chi connectivity index (χ1n) is 8.50. The molecule has 124 valence electrons. The van der Waals surface area contributed by atoms with E-state index in [0.29, 0.717) is 6.04 Å². The summed E-state index contributed by atoms with van der Waals surface area (Å²) in [6, 6.07) is 8.95. The maximum Gasteiger partial charge on any atom is 0.321 e. The summed E-state index contributed by atoms with van der Waals surface area (Å²) >= 11 is 1.65. The molecule has 1 aromatic rings. The molecule has 2 amide bonds. The second kappa shape index (κ2) is 7.39. The molecule has 0 bridgehead atoms. The summed E-state index contributed by atoms with van der Waals surface area (Å²) in [6.45, 7) is 4.19. The van der Waals surface area contributed by atoms with Crippen LogP contribution in [0.2, 0.25) is 0 Å². The zero-order chi connectivity index (χ0) is 16.2. The number of carbonyl (C=O) groups is 1. The van der Waals surface area contributed by atoms with Gasteiger partial charge in [-0.2, -0.15) is 0 Å². The lowest BCUT2D eigenvalue weighted by Gasteiger charge is -2.22. The minimum absolute atomic E-state index is 0.111. The van der Waals surface area contributed by atoms with Gasteiger partial charge in [0.25, 0.3) is 0 Å². The Morgan fingerprint density at radius 3 is 2.57 bits per heavy atom. The normalized spacial score (nSPS) is 25.0. The molecule has 5 heteroatoms. The lowest BCUT2D eigenvalue weighted by Crippen LogP contribution is -2.44. The van der Waals surface area contributed by atoms with Crippen molar-refractivity contribution in [3.8, 4) is 0 Å². The molecule has 1 heterocycles. The molecular weight excluding hydrogens is 306 g/mol. The van der Waals surface area contributed by atoms with Crippen molar-refractivity contribution < 1.29 is 4.79 Å². The van der Waals surface area contributed by atoms with Crippen LogP contribution in [0.25, 0.3) is 0 Å². The molecule has 1 aromatic carbocycles. The number of carbonyl (C=O) groups excluding carboxylic acids is 1. The number of rotatable bonds is 2. The van der Waals surface area contributed by atoms with Gasteiger partial charge in [0.1, 0.15) is 0 Å². The standard InChI is InChI=1S/C18H25N3OS/c1-12-8-10-14(11-9-12)16-13(2)19-18(23-16)21-17(22)20-15-6-4-3-5-7-15/h8-11,13,15-16H,3-7H2,1-2H3,(H2,19,20,21,22)/t13-,16+/m1/s1. The monoisotopic (exact) mass is 331 g/mol. The Kier molecular flexibility index (Phi) is 5.26. The van der Waals surface area contributed by atoms with Crippen LogP contribution in [-0.4, -0.2) is 23.3 Å². The molecule has 23 heavy (non-hydrogen) atoms. The first-order valence-corrected chi connectivity index (χ1v) is 9.38. The molecule has 1 fully saturated rings. The van der Waals surface area contributed by atoms with Gasteiger partial charge in [-0.15, -0.1) is 0 Å². The van der Waals surface area contributed by atoms with E-state index in [4.69, 9.17) is 0 Å². The molecule has 0 spiro atoms. The number of amides is 2. The lowest BCUT2D eigenvalue weighted by atomic mass is 9.96. The molecule has 0 radical (unpaired) electrons. The molecule has 1 aliphatic heterocycles. The number of aryl methyl sites for hydroxylation is 1. The Morgan fingerprint density at radius 2 is 1.87 bits per heavy atom. The third-order valence-electron chi connectivity index (χ3n) is 4.56. The molecule has 0 saturated heterocycles. The first-order chi connectivity index (χ1) is 11.1. The first kappa shape index (κ1) is 16.4. The average Bonchev–Trinajstić information content (AvgIpc) is 2.89. The van der Waals surface area contributed by atoms with Crippen molar-refractivity contribution in [3.05, 3.63) is 35.4 Å². The van der Waals surface area contributed by atoms with E-state index in [-0.39, 0.29) is 17.3 Å². The summed E-state index contributed by atoms with van der Waals surface area (Å²) in [7, 11) is 0. The van der Waals surface area contributed by atoms with E-state index >= 15 is 0 Å². The van der Waals surface area contributed by atoms with Gasteiger partial charge in [-0.3, -0.25) is 10.3 Å². The van der Waals surface area contributed by atoms with Crippen molar-refractivity contribution in [1.29, 1.82) is 0 Å². The summed E-state index contributed by atoms with van der Waals surface area (Å²) in [5, 5.41) is 7.02. The van der Waals surface area contributed by atoms with Crippen LogP contribution < -0.4 is 10.6 Å². The van der Waals surface area contributed by atoms with Crippen LogP contribution in [0, 0.1) is 6.92 Å². The molecule has 2 aliphatic rings. The Labute approximate surface area is 142 Å². The Morgan fingerprint density at radius 1 is 1.17 bits per heavy atom. The van der Waals surface area contributed by atoms with E-state index in [9.17, 15) is 4.79 Å². The van der Waals surface area contributed by atoms with E-state index in [1.807, 2.05) is 0 Å². The number of thioether (sulfide) groups is 1. The maximum absolute atomic E-state index is 12.1. The summed E-state index contributed by atoms with van der Waals surface area (Å²) < 4.78 is 0. The van der Waals surface area contributed by atoms with Gasteiger partial charge < -0.3 is 5.32 Å². The number of nitrogens with one attached hydrogen (secondary N) is 2. The van der Waals surface area contributed by atoms with Crippen LogP contribution in [0.3, 0.4) is 0 Å². The average molecular weight is 331 g/mol. The second-order valence-corrected chi connectivity index (χ2v) is 7.69. The fourth-order valence-corrected chi connectivity index (χ4v) is 4.40. The van der Waals surface area contributed by atoms with E-state index in [2.05, 4.69) is 53.7 Å². The minimum Gasteiger partial charge on any atom is -0.335 e. The number of benzene rings is 1. The second-order valence-electron chi connectivity index (χ2n) is 6.56. The van der Waals surface area contributed by atoms with Gasteiger partial charge in [0, 0.05) is 6.04 Å². The number of hydrogen-bond acceptors (Lipinski definition) is 3. The quantitative estimate of drug-likeness (QED) is 0.855. The van der Waals surface area contributed by atoms with Gasteiger partial charge >= 0.3 is 6.03 Å². The number of aliphatic imine (C=N–C) groups is 1. The number of nitrogens with zero attached hydrogens (tertiary/aromatic N) is 1. The zero-order valence-electron chi connectivity index (χ0n) is 13.8. The zero-order valence-corrected chi connectivity index (χ0v) is 14.7. The van der Waals surface area contributed by atoms with E-state index in [1.165, 1.54) is 30.4 Å². The number of urea groups is 1. The van der Waals surface area contributed by atoms with Gasteiger partial charge in [-0.25, -0.2) is 4.79 Å². The molecule has 2 N–H and O–H groups in total. The summed E-state index contributed by atoms with van der Waals surface area (Å²) in [5.74, 6) is 0. The van der Waals surface area contributed by atoms with Gasteiger partial charge in [-0.1, -0.05) is 60.9 Å². The highest BCUT2D eigenvalue weighted by atomic mass is 32.2. The molecule has 4 nitrogen and oxygen atoms in total. The summed E-state index contributed by atoms with van der Waals surface area (Å²) in [4.78, 5) is 16.8. The molecule has 3 rings (SSSR count). The SMILES string of the molecule is Cc1ccc([C@H]2SC(NC(=O)NC3CCCCC3)=N[C@@H]2C)cc1. The topological polar surface area (TPSA) is 53.5 Å². The van der Waals surface area contributed by atoms with Crippen LogP contribution in [0.5, 0.6) is 0 Å². The Balaban J connectivity index is 1.54. The molecule has 0 aromatic heterocycles. The smallest absolute Gasteiger partial charge is 0.321 e. The van der Waals surface area contributed by atoms with Gasteiger partial charge in [-0.05, 0) is 32.3 Å². The number of hydrogen-bond donors (Lipinski definition) is 2. The highest BCUT2D eigenvalue weighted by Gasteiger charge is 2.29. The van der Waals surface area contributed by atoms with Crippen molar-refractivity contribution in [2.75, 3.05) is 0 Å². The van der Waals surface area contributed by atoms with Crippen LogP contribution in [0.1, 0.15) is 55.4 Å². The summed E-state index contributed by atoms with van der Waals surface area (Å²) in [5.41, 5.74) is 2.52. The third kappa shape index (κ3) is 4.28. The van der Waals surface area contributed by atoms with Gasteiger partial charge in [0.2, 0.25) is 0 Å². The fraction of sp³-hybridized carbons (Fsp3) is 0.556. The molecular formula is C18H25N3OS. The predicted octanol–water partition coefficient (Wildman–Crippen LogP) is 4.16. The fourth-order valence-electron chi connectivity index (χ4n) is 3.23. The number of amidine groups is 1. The van der Waals surface area contributed by atoms with Crippen LogP contribution >= 0.6 is 11.8 Å². The van der Waals surface area contributed by atoms with Gasteiger partial charge in [0.05, 0.1) is 11.3 Å². The maximum atomic E-state index is 12.1. The molecule has 1 saturated carbocycles. The largest absolute Gasteiger partial charge is 0.335 e. The highest BCUT2D eigenvalue weighted by molar-refractivity contribution is 8.14. The highest BCUT2D eigenvalue weighted by Crippen LogP contribution is 2.39. The Bertz CT molecular complexity index is 578. The van der Waals surface area contributed by atoms with Crippen molar-refractivity contribution in [3.63, 3.8) is 0 Å². The third-order valence-corrected chi connectivity index (χ3v) is 5.92. The molecule has 1 aliphatic carbocycles. The van der Waals surface area contributed by atoms with E-state index in [0.717, 1.165) is 18.0 Å². The predicted molar refractivity (Wildman–Crippen MR) is 96.9 cm³/mol. The van der Waals surface area contributed by atoms with Crippen LogP contribution in [-0.2, 0) is 0 Å². The Hall–Kier alpha value is -1.49.